The Labute approximate surface area is 120 Å². The van der Waals surface area contributed by atoms with Gasteiger partial charge in [0.2, 0.25) is 5.91 Å². The number of benzene rings is 1. The summed E-state index contributed by atoms with van der Waals surface area (Å²) in [6, 6.07) is 10.4. The Kier molecular flexibility index (Phi) is 5.15. The Hall–Kier alpha value is -1.39. The van der Waals surface area contributed by atoms with Gasteiger partial charge in [0.15, 0.2) is 0 Å². The molecule has 1 aliphatic heterocycles. The maximum atomic E-state index is 12.2. The van der Waals surface area contributed by atoms with Gasteiger partial charge in [0.25, 0.3) is 0 Å². The van der Waals surface area contributed by atoms with Crippen LogP contribution in [-0.2, 0) is 11.3 Å². The van der Waals surface area contributed by atoms with Crippen molar-refractivity contribution in [2.75, 3.05) is 19.7 Å². The highest BCUT2D eigenvalue weighted by atomic mass is 16.3. The largest absolute Gasteiger partial charge is 0.396 e. The third-order valence-electron chi connectivity index (χ3n) is 3.77. The molecule has 1 saturated heterocycles. The Morgan fingerprint density at radius 3 is 2.65 bits per heavy atom. The zero-order valence-corrected chi connectivity index (χ0v) is 12.2. The van der Waals surface area contributed by atoms with Gasteiger partial charge in [-0.25, -0.2) is 0 Å². The van der Waals surface area contributed by atoms with E-state index in [4.69, 9.17) is 0 Å². The summed E-state index contributed by atoms with van der Waals surface area (Å²) in [5.74, 6) is -0.00168. The molecule has 20 heavy (non-hydrogen) atoms. The lowest BCUT2D eigenvalue weighted by Crippen LogP contribution is -2.39. The summed E-state index contributed by atoms with van der Waals surface area (Å²) in [5.41, 5.74) is 1.24. The average molecular weight is 276 g/mol. The monoisotopic (exact) mass is 276 g/mol. The van der Waals surface area contributed by atoms with Crippen LogP contribution >= 0.6 is 0 Å². The predicted molar refractivity (Wildman–Crippen MR) is 79.1 cm³/mol. The van der Waals surface area contributed by atoms with E-state index in [1.165, 1.54) is 5.56 Å². The summed E-state index contributed by atoms with van der Waals surface area (Å²) in [4.78, 5) is 14.4. The second-order valence-electron chi connectivity index (χ2n) is 5.89. The summed E-state index contributed by atoms with van der Waals surface area (Å²) in [6.45, 7) is 6.33. The minimum absolute atomic E-state index is 0.0393. The molecule has 0 radical (unpaired) electrons. The van der Waals surface area contributed by atoms with Gasteiger partial charge < -0.3 is 10.4 Å². The molecule has 0 spiro atoms. The van der Waals surface area contributed by atoms with Gasteiger partial charge in [0.1, 0.15) is 0 Å². The number of aliphatic hydroxyl groups is 1. The van der Waals surface area contributed by atoms with E-state index >= 15 is 0 Å². The number of nitrogens with zero attached hydrogens (tertiary/aromatic N) is 1. The van der Waals surface area contributed by atoms with E-state index in [0.29, 0.717) is 0 Å². The smallest absolute Gasteiger partial charge is 0.225 e. The van der Waals surface area contributed by atoms with Crippen LogP contribution in [0.15, 0.2) is 30.3 Å². The number of hydrogen-bond acceptors (Lipinski definition) is 3. The number of hydrogen-bond donors (Lipinski definition) is 2. The molecule has 110 valence electrons. The topological polar surface area (TPSA) is 52.6 Å². The fourth-order valence-electron chi connectivity index (χ4n) is 2.80. The number of likely N-dealkylation sites (tertiary alicyclic amines) is 1. The van der Waals surface area contributed by atoms with E-state index in [1.807, 2.05) is 32.0 Å². The molecule has 0 aromatic heterocycles. The van der Waals surface area contributed by atoms with E-state index in [9.17, 15) is 9.90 Å². The highest BCUT2D eigenvalue weighted by molar-refractivity contribution is 5.79. The Morgan fingerprint density at radius 2 is 2.05 bits per heavy atom. The van der Waals surface area contributed by atoms with Crippen molar-refractivity contribution in [3.8, 4) is 0 Å². The first-order chi connectivity index (χ1) is 9.60. The molecule has 4 nitrogen and oxygen atoms in total. The van der Waals surface area contributed by atoms with Gasteiger partial charge in [-0.05, 0) is 19.4 Å². The van der Waals surface area contributed by atoms with Crippen LogP contribution in [0.3, 0.4) is 0 Å². The lowest BCUT2D eigenvalue weighted by Gasteiger charge is -2.17. The Bertz CT molecular complexity index is 433. The fourth-order valence-corrected chi connectivity index (χ4v) is 2.80. The van der Waals surface area contributed by atoms with Gasteiger partial charge in [-0.15, -0.1) is 0 Å². The van der Waals surface area contributed by atoms with E-state index in [2.05, 4.69) is 22.3 Å². The first-order valence-corrected chi connectivity index (χ1v) is 7.27. The molecular formula is C16H24N2O2. The maximum absolute atomic E-state index is 12.2. The zero-order valence-electron chi connectivity index (χ0n) is 12.2. The highest BCUT2D eigenvalue weighted by Gasteiger charge is 2.37. The van der Waals surface area contributed by atoms with Crippen molar-refractivity contribution in [2.45, 2.75) is 26.4 Å². The van der Waals surface area contributed by atoms with Gasteiger partial charge in [0, 0.05) is 38.2 Å². The minimum Gasteiger partial charge on any atom is -0.396 e. The van der Waals surface area contributed by atoms with Crippen molar-refractivity contribution in [3.05, 3.63) is 35.9 Å². The fraction of sp³-hybridized carbons (Fsp3) is 0.562. The van der Waals surface area contributed by atoms with Crippen LogP contribution in [0.4, 0.5) is 0 Å². The van der Waals surface area contributed by atoms with Crippen molar-refractivity contribution in [2.24, 2.45) is 11.8 Å². The van der Waals surface area contributed by atoms with Gasteiger partial charge in [-0.1, -0.05) is 30.3 Å². The highest BCUT2D eigenvalue weighted by Crippen LogP contribution is 2.25. The summed E-state index contributed by atoms with van der Waals surface area (Å²) >= 11 is 0. The molecule has 2 N–H and O–H groups in total. The average Bonchev–Trinajstić information content (AvgIpc) is 2.82. The molecule has 0 unspecified atom stereocenters. The molecule has 0 saturated carbocycles. The molecule has 1 aromatic carbocycles. The molecule has 1 heterocycles. The lowest BCUT2D eigenvalue weighted by atomic mass is 9.96. The van der Waals surface area contributed by atoms with Crippen LogP contribution in [0.1, 0.15) is 19.4 Å². The van der Waals surface area contributed by atoms with Crippen LogP contribution in [0, 0.1) is 11.8 Å². The van der Waals surface area contributed by atoms with Gasteiger partial charge in [-0.3, -0.25) is 9.69 Å². The predicted octanol–water partition coefficient (Wildman–Crippen LogP) is 1.25. The molecule has 4 heteroatoms. The molecule has 2 rings (SSSR count). The van der Waals surface area contributed by atoms with Crippen molar-refractivity contribution < 1.29 is 9.90 Å². The molecule has 1 fully saturated rings. The molecule has 0 aliphatic carbocycles. The molecule has 1 aromatic rings. The van der Waals surface area contributed by atoms with Crippen molar-refractivity contribution >= 4 is 5.91 Å². The van der Waals surface area contributed by atoms with E-state index < -0.39 is 0 Å². The van der Waals surface area contributed by atoms with Crippen molar-refractivity contribution in [1.29, 1.82) is 0 Å². The van der Waals surface area contributed by atoms with Gasteiger partial charge >= 0.3 is 0 Å². The number of rotatable bonds is 5. The third-order valence-corrected chi connectivity index (χ3v) is 3.77. The standard InChI is InChI=1S/C16H24N2O2/c1-12(2)17-16(20)15-10-18(9-14(15)11-19)8-13-6-4-3-5-7-13/h3-7,12,14-15,19H,8-11H2,1-2H3,(H,17,20)/t14-,15-/m1/s1. The summed E-state index contributed by atoms with van der Waals surface area (Å²) in [5, 5.41) is 12.5. The van der Waals surface area contributed by atoms with Crippen LogP contribution < -0.4 is 5.32 Å². The van der Waals surface area contributed by atoms with Crippen LogP contribution in [0.2, 0.25) is 0 Å². The third kappa shape index (κ3) is 3.81. The number of carbonyl (C=O) groups is 1. The Morgan fingerprint density at radius 1 is 1.35 bits per heavy atom. The Balaban J connectivity index is 1.97. The number of carbonyl (C=O) groups excluding carboxylic acids is 1. The van der Waals surface area contributed by atoms with Crippen LogP contribution in [0.25, 0.3) is 0 Å². The SMILES string of the molecule is CC(C)NC(=O)[C@@H]1CN(Cc2ccccc2)C[C@@H]1CO. The van der Waals surface area contributed by atoms with Crippen LogP contribution in [0.5, 0.6) is 0 Å². The first kappa shape index (κ1) is 15.0. The number of nitrogens with one attached hydrogen (secondary N) is 1. The van der Waals surface area contributed by atoms with Crippen molar-refractivity contribution in [1.82, 2.24) is 10.2 Å². The number of aliphatic hydroxyl groups excluding tert-OH is 1. The quantitative estimate of drug-likeness (QED) is 0.851. The maximum Gasteiger partial charge on any atom is 0.225 e. The van der Waals surface area contributed by atoms with Crippen LogP contribution in [-0.4, -0.2) is 41.7 Å². The summed E-state index contributed by atoms with van der Waals surface area (Å²) in [7, 11) is 0. The zero-order chi connectivity index (χ0) is 14.5. The second kappa shape index (κ2) is 6.86. The van der Waals surface area contributed by atoms with Gasteiger partial charge in [-0.2, -0.15) is 0 Å². The lowest BCUT2D eigenvalue weighted by molar-refractivity contribution is -0.126. The number of amides is 1. The van der Waals surface area contributed by atoms with Gasteiger partial charge in [0.05, 0.1) is 5.92 Å². The first-order valence-electron chi connectivity index (χ1n) is 7.27. The van der Waals surface area contributed by atoms with E-state index in [0.717, 1.165) is 19.6 Å². The molecule has 1 amide bonds. The second-order valence-corrected chi connectivity index (χ2v) is 5.89. The summed E-state index contributed by atoms with van der Waals surface area (Å²) < 4.78 is 0. The molecule has 1 aliphatic rings. The van der Waals surface area contributed by atoms with Crippen molar-refractivity contribution in [3.63, 3.8) is 0 Å². The molecule has 2 atom stereocenters. The summed E-state index contributed by atoms with van der Waals surface area (Å²) in [6.07, 6.45) is 0. The normalized spacial score (nSPS) is 23.2. The van der Waals surface area contributed by atoms with E-state index in [1.54, 1.807) is 0 Å². The van der Waals surface area contributed by atoms with E-state index in [-0.39, 0.29) is 30.4 Å². The molecular weight excluding hydrogens is 252 g/mol. The minimum atomic E-state index is -0.105. The molecule has 0 bridgehead atoms.